The van der Waals surface area contributed by atoms with Crippen LogP contribution in [0.1, 0.15) is 65.5 Å². The minimum atomic E-state index is -1.10. The molecule has 3 N–H and O–H groups in total. The zero-order valence-corrected chi connectivity index (χ0v) is 25.7. The molecule has 9 nitrogen and oxygen atoms in total. The second-order valence-corrected chi connectivity index (χ2v) is 11.6. The summed E-state index contributed by atoms with van der Waals surface area (Å²) in [6, 6.07) is 15.7. The van der Waals surface area contributed by atoms with Crippen molar-refractivity contribution < 1.29 is 24.0 Å². The number of nitrogens with one attached hydrogen (secondary N) is 3. The minimum absolute atomic E-state index is 0.0450. The van der Waals surface area contributed by atoms with Gasteiger partial charge in [0.15, 0.2) is 0 Å². The lowest BCUT2D eigenvalue weighted by Crippen LogP contribution is -2.58. The lowest BCUT2D eigenvalue weighted by molar-refractivity contribution is -0.145. The molecule has 0 aliphatic rings. The summed E-state index contributed by atoms with van der Waals surface area (Å²) in [4.78, 5) is 66.8. The number of hydrogen-bond acceptors (Lipinski definition) is 5. The molecule has 0 saturated heterocycles. The number of Topliss-reactive ketones (excluding diaryl/α,β-unsaturated/α-hetero) is 1. The molecule has 0 saturated carbocycles. The molecule has 4 amide bonds. The van der Waals surface area contributed by atoms with Gasteiger partial charge in [0.05, 0.1) is 6.04 Å². The predicted octanol–water partition coefficient (Wildman–Crippen LogP) is 3.41. The van der Waals surface area contributed by atoms with Gasteiger partial charge in [0.2, 0.25) is 23.5 Å². The first kappa shape index (κ1) is 34.2. The van der Waals surface area contributed by atoms with Crippen LogP contribution in [0.4, 0.5) is 0 Å². The van der Waals surface area contributed by atoms with Crippen molar-refractivity contribution in [1.82, 2.24) is 20.9 Å². The van der Waals surface area contributed by atoms with Crippen molar-refractivity contribution in [2.45, 2.75) is 85.5 Å². The molecule has 2 aromatic carbocycles. The van der Waals surface area contributed by atoms with Crippen molar-refractivity contribution in [1.29, 1.82) is 0 Å². The lowest BCUT2D eigenvalue weighted by Gasteiger charge is -2.35. The average molecular weight is 579 g/mol. The Balaban J connectivity index is 2.27. The molecule has 0 radical (unpaired) electrons. The molecule has 2 aromatic rings. The summed E-state index contributed by atoms with van der Waals surface area (Å²) in [6.07, 6.45) is 1.25. The van der Waals surface area contributed by atoms with Crippen LogP contribution in [0, 0.1) is 11.8 Å². The zero-order valence-electron chi connectivity index (χ0n) is 25.7. The molecule has 0 bridgehead atoms. The van der Waals surface area contributed by atoms with Gasteiger partial charge in [-0.2, -0.15) is 0 Å². The van der Waals surface area contributed by atoms with E-state index in [1.165, 1.54) is 18.7 Å². The summed E-state index contributed by atoms with van der Waals surface area (Å²) in [5.74, 6) is -2.50. The Kier molecular flexibility index (Phi) is 13.9. The molecule has 0 aliphatic heterocycles. The van der Waals surface area contributed by atoms with Gasteiger partial charge in [0.1, 0.15) is 12.1 Å². The maximum Gasteiger partial charge on any atom is 0.289 e. The van der Waals surface area contributed by atoms with Crippen LogP contribution in [0.25, 0.3) is 0 Å². The van der Waals surface area contributed by atoms with Crippen molar-refractivity contribution in [2.24, 2.45) is 11.8 Å². The number of hydrogen-bond donors (Lipinski definition) is 3. The molecule has 0 fully saturated rings. The highest BCUT2D eigenvalue weighted by atomic mass is 16.2. The third-order valence-electron chi connectivity index (χ3n) is 6.83. The average Bonchev–Trinajstić information content (AvgIpc) is 2.94. The van der Waals surface area contributed by atoms with E-state index in [9.17, 15) is 24.0 Å². The second-order valence-electron chi connectivity index (χ2n) is 11.6. The van der Waals surface area contributed by atoms with Crippen LogP contribution < -0.4 is 16.0 Å². The number of amides is 4. The first-order valence-corrected chi connectivity index (χ1v) is 14.7. The van der Waals surface area contributed by atoms with Gasteiger partial charge < -0.3 is 20.9 Å². The van der Waals surface area contributed by atoms with Crippen LogP contribution in [0.2, 0.25) is 0 Å². The van der Waals surface area contributed by atoms with Crippen molar-refractivity contribution in [3.63, 3.8) is 0 Å². The van der Waals surface area contributed by atoms with E-state index in [1.54, 1.807) is 0 Å². The maximum absolute atomic E-state index is 14.1. The molecule has 2 rings (SSSR count). The van der Waals surface area contributed by atoms with Gasteiger partial charge >= 0.3 is 0 Å². The van der Waals surface area contributed by atoms with Crippen molar-refractivity contribution >= 4 is 29.4 Å². The fraction of sp³-hybridized carbons (Fsp3) is 0.485. The normalized spacial score (nSPS) is 13.1. The largest absolute Gasteiger partial charge is 0.345 e. The highest BCUT2D eigenvalue weighted by molar-refractivity contribution is 6.38. The van der Waals surface area contributed by atoms with Crippen molar-refractivity contribution in [3.8, 4) is 0 Å². The highest BCUT2D eigenvalue weighted by Gasteiger charge is 2.36. The summed E-state index contributed by atoms with van der Waals surface area (Å²) in [5, 5.41) is 8.06. The number of carbonyl (C=O) groups excluding carboxylic acids is 5. The van der Waals surface area contributed by atoms with E-state index in [1.807, 2.05) is 88.4 Å². The smallest absolute Gasteiger partial charge is 0.289 e. The van der Waals surface area contributed by atoms with Gasteiger partial charge in [-0.3, -0.25) is 24.0 Å². The van der Waals surface area contributed by atoms with E-state index in [-0.39, 0.29) is 36.6 Å². The van der Waals surface area contributed by atoms with E-state index < -0.39 is 35.7 Å². The maximum atomic E-state index is 14.1. The summed E-state index contributed by atoms with van der Waals surface area (Å²) in [7, 11) is 0. The SMILES string of the molecule is CC(=O)N[C@@H](Cc1ccccc1)C(=O)N(CCC(C)C)C(CC(C)C)C(=O)NC(C)C(=O)C(=O)NCc1ccccc1. The predicted molar refractivity (Wildman–Crippen MR) is 163 cm³/mol. The Hall–Kier alpha value is -4.01. The van der Waals surface area contributed by atoms with Gasteiger partial charge in [-0.25, -0.2) is 0 Å². The first-order valence-electron chi connectivity index (χ1n) is 14.7. The third kappa shape index (κ3) is 11.5. The second kappa shape index (κ2) is 17.1. The monoisotopic (exact) mass is 578 g/mol. The Bertz CT molecular complexity index is 1180. The number of ketones is 1. The van der Waals surface area contributed by atoms with Gasteiger partial charge in [-0.1, -0.05) is 88.4 Å². The number of carbonyl (C=O) groups is 5. The van der Waals surface area contributed by atoms with Crippen LogP contribution in [-0.2, 0) is 36.9 Å². The third-order valence-corrected chi connectivity index (χ3v) is 6.83. The zero-order chi connectivity index (χ0) is 31.2. The van der Waals surface area contributed by atoms with Gasteiger partial charge in [0.25, 0.3) is 5.91 Å². The Morgan fingerprint density at radius 1 is 0.762 bits per heavy atom. The van der Waals surface area contributed by atoms with E-state index in [0.717, 1.165) is 11.1 Å². The van der Waals surface area contributed by atoms with Crippen LogP contribution in [0.3, 0.4) is 0 Å². The Morgan fingerprint density at radius 3 is 1.86 bits per heavy atom. The van der Waals surface area contributed by atoms with Gasteiger partial charge in [-0.05, 0) is 42.7 Å². The van der Waals surface area contributed by atoms with E-state index in [4.69, 9.17) is 0 Å². The number of rotatable bonds is 16. The first-order chi connectivity index (χ1) is 19.9. The summed E-state index contributed by atoms with van der Waals surface area (Å²) in [6.45, 7) is 11.3. The van der Waals surface area contributed by atoms with Crippen LogP contribution >= 0.6 is 0 Å². The number of nitrogens with zero attached hydrogens (tertiary/aromatic N) is 1. The molecule has 42 heavy (non-hydrogen) atoms. The number of benzene rings is 2. The van der Waals surface area contributed by atoms with E-state index >= 15 is 0 Å². The van der Waals surface area contributed by atoms with Crippen LogP contribution in [-0.4, -0.2) is 59.0 Å². The van der Waals surface area contributed by atoms with Crippen molar-refractivity contribution in [2.75, 3.05) is 6.54 Å². The Morgan fingerprint density at radius 2 is 1.33 bits per heavy atom. The van der Waals surface area contributed by atoms with E-state index in [2.05, 4.69) is 16.0 Å². The molecule has 0 aliphatic carbocycles. The quantitative estimate of drug-likeness (QED) is 0.263. The molecule has 9 heteroatoms. The standard InChI is InChI=1S/C33H46N4O5/c1-22(2)17-18-37(33(42)28(36-25(6)38)20-26-13-9-7-10-14-26)29(19-23(3)4)31(40)35-24(5)30(39)32(41)34-21-27-15-11-8-12-16-27/h7-16,22-24,28-29H,17-21H2,1-6H3,(H,34,41)(H,35,40)(H,36,38)/t24?,28-,29?/m0/s1. The lowest BCUT2D eigenvalue weighted by atomic mass is 9.97. The molecule has 0 aromatic heterocycles. The summed E-state index contributed by atoms with van der Waals surface area (Å²) in [5.41, 5.74) is 1.72. The molecule has 2 unspecified atom stereocenters. The van der Waals surface area contributed by atoms with Crippen molar-refractivity contribution in [3.05, 3.63) is 71.8 Å². The summed E-state index contributed by atoms with van der Waals surface area (Å²) < 4.78 is 0. The van der Waals surface area contributed by atoms with Crippen LogP contribution in [0.5, 0.6) is 0 Å². The topological polar surface area (TPSA) is 125 Å². The molecule has 228 valence electrons. The summed E-state index contributed by atoms with van der Waals surface area (Å²) >= 11 is 0. The van der Waals surface area contributed by atoms with Gasteiger partial charge in [-0.15, -0.1) is 0 Å². The molecule has 0 spiro atoms. The molecular weight excluding hydrogens is 532 g/mol. The fourth-order valence-electron chi connectivity index (χ4n) is 4.57. The van der Waals surface area contributed by atoms with Gasteiger partial charge in [0, 0.05) is 26.4 Å². The fourth-order valence-corrected chi connectivity index (χ4v) is 4.57. The van der Waals surface area contributed by atoms with E-state index in [0.29, 0.717) is 19.4 Å². The Labute approximate surface area is 249 Å². The highest BCUT2D eigenvalue weighted by Crippen LogP contribution is 2.18. The van der Waals surface area contributed by atoms with Crippen LogP contribution in [0.15, 0.2) is 60.7 Å². The molecular formula is C33H46N4O5. The minimum Gasteiger partial charge on any atom is -0.345 e. The molecule has 3 atom stereocenters. The molecule has 0 heterocycles.